The van der Waals surface area contributed by atoms with Gasteiger partial charge in [-0.3, -0.25) is 5.32 Å². The summed E-state index contributed by atoms with van der Waals surface area (Å²) >= 11 is 1.88. The van der Waals surface area contributed by atoms with Crippen molar-refractivity contribution in [2.24, 2.45) is 0 Å². The number of anilines is 2. The molecule has 0 bridgehead atoms. The Morgan fingerprint density at radius 1 is 1.12 bits per heavy atom. The summed E-state index contributed by atoms with van der Waals surface area (Å²) in [6.45, 7) is 1.86. The minimum Gasteiger partial charge on any atom is -0.478 e. The topological polar surface area (TPSA) is 78.9 Å². The van der Waals surface area contributed by atoms with E-state index >= 15 is 0 Å². The molecule has 2 aromatic rings. The van der Waals surface area contributed by atoms with E-state index in [1.54, 1.807) is 12.1 Å². The fourth-order valence-corrected chi connectivity index (χ4v) is 3.62. The standard InChI is InChI=1S/C19H20N2O4S/c22-18(23)15-6-7-17(21-8-10-26-11-9-21)16(12-15)20-19(24)25-13-14-4-2-1-3-5-14/h1-7,12H,8-11,13H2,(H,20,24)(H,22,23). The third-order valence-corrected chi connectivity index (χ3v) is 4.99. The Labute approximate surface area is 156 Å². The van der Waals surface area contributed by atoms with Crippen molar-refractivity contribution < 1.29 is 19.4 Å². The zero-order chi connectivity index (χ0) is 18.4. The van der Waals surface area contributed by atoms with Crippen LogP contribution in [-0.4, -0.2) is 41.8 Å². The summed E-state index contributed by atoms with van der Waals surface area (Å²) in [5, 5.41) is 11.9. The number of nitrogens with one attached hydrogen (secondary N) is 1. The van der Waals surface area contributed by atoms with Gasteiger partial charge in [0.1, 0.15) is 6.61 Å². The molecule has 2 N–H and O–H groups in total. The van der Waals surface area contributed by atoms with E-state index in [0.717, 1.165) is 35.8 Å². The quantitative estimate of drug-likeness (QED) is 0.833. The molecule has 0 spiro atoms. The second-order valence-electron chi connectivity index (χ2n) is 5.82. The van der Waals surface area contributed by atoms with Crippen molar-refractivity contribution in [3.8, 4) is 0 Å². The molecular weight excluding hydrogens is 352 g/mol. The largest absolute Gasteiger partial charge is 0.478 e. The molecule has 6 nitrogen and oxygen atoms in total. The molecule has 1 heterocycles. The van der Waals surface area contributed by atoms with Crippen LogP contribution in [0.25, 0.3) is 0 Å². The average molecular weight is 372 g/mol. The highest BCUT2D eigenvalue weighted by molar-refractivity contribution is 7.99. The van der Waals surface area contributed by atoms with Gasteiger partial charge in [0, 0.05) is 24.6 Å². The molecule has 1 saturated heterocycles. The highest BCUT2D eigenvalue weighted by Crippen LogP contribution is 2.29. The molecular formula is C19H20N2O4S. The van der Waals surface area contributed by atoms with Gasteiger partial charge in [-0.25, -0.2) is 9.59 Å². The first kappa shape index (κ1) is 18.1. The first-order valence-corrected chi connectivity index (χ1v) is 9.47. The van der Waals surface area contributed by atoms with Gasteiger partial charge in [0.15, 0.2) is 0 Å². The van der Waals surface area contributed by atoms with E-state index in [-0.39, 0.29) is 12.2 Å². The summed E-state index contributed by atoms with van der Waals surface area (Å²) in [6, 6.07) is 14.2. The number of rotatable bonds is 5. The number of ether oxygens (including phenoxy) is 1. The summed E-state index contributed by atoms with van der Waals surface area (Å²) < 4.78 is 5.25. The lowest BCUT2D eigenvalue weighted by molar-refractivity contribution is 0.0697. The van der Waals surface area contributed by atoms with Crippen LogP contribution in [0.15, 0.2) is 48.5 Å². The molecule has 26 heavy (non-hydrogen) atoms. The maximum atomic E-state index is 12.2. The van der Waals surface area contributed by atoms with Crippen LogP contribution >= 0.6 is 11.8 Å². The lowest BCUT2D eigenvalue weighted by atomic mass is 10.1. The van der Waals surface area contributed by atoms with Crippen LogP contribution in [0, 0.1) is 0 Å². The number of carboxylic acids is 1. The fraction of sp³-hybridized carbons (Fsp3) is 0.263. The lowest BCUT2D eigenvalue weighted by Gasteiger charge is -2.30. The van der Waals surface area contributed by atoms with Crippen LogP contribution in [0.4, 0.5) is 16.2 Å². The van der Waals surface area contributed by atoms with Crippen molar-refractivity contribution in [2.75, 3.05) is 34.8 Å². The van der Waals surface area contributed by atoms with Crippen LogP contribution in [0.3, 0.4) is 0 Å². The fourth-order valence-electron chi connectivity index (χ4n) is 2.72. The van der Waals surface area contributed by atoms with Gasteiger partial charge in [0.25, 0.3) is 0 Å². The van der Waals surface area contributed by atoms with Crippen LogP contribution in [0.2, 0.25) is 0 Å². The highest BCUT2D eigenvalue weighted by atomic mass is 32.2. The lowest BCUT2D eigenvalue weighted by Crippen LogP contribution is -2.33. The van der Waals surface area contributed by atoms with E-state index in [2.05, 4.69) is 10.2 Å². The molecule has 0 aliphatic carbocycles. The number of carbonyl (C=O) groups is 2. The number of carbonyl (C=O) groups excluding carboxylic acids is 1. The van der Waals surface area contributed by atoms with Crippen molar-refractivity contribution in [1.29, 1.82) is 0 Å². The molecule has 3 rings (SSSR count). The third-order valence-electron chi connectivity index (χ3n) is 4.04. The molecule has 0 unspecified atom stereocenters. The SMILES string of the molecule is O=C(Nc1cc(C(=O)O)ccc1N1CCSCC1)OCc1ccccc1. The minimum atomic E-state index is -1.04. The van der Waals surface area contributed by atoms with Gasteiger partial charge >= 0.3 is 12.1 Å². The number of carboxylic acid groups (broad SMARTS) is 1. The van der Waals surface area contributed by atoms with Gasteiger partial charge in [-0.1, -0.05) is 30.3 Å². The number of amides is 1. The van der Waals surface area contributed by atoms with Gasteiger partial charge < -0.3 is 14.7 Å². The van der Waals surface area contributed by atoms with E-state index < -0.39 is 12.1 Å². The predicted octanol–water partition coefficient (Wildman–Crippen LogP) is 3.69. The van der Waals surface area contributed by atoms with E-state index in [0.29, 0.717) is 5.69 Å². The van der Waals surface area contributed by atoms with Crippen LogP contribution in [0.5, 0.6) is 0 Å². The smallest absolute Gasteiger partial charge is 0.412 e. The normalized spacial score (nSPS) is 13.9. The van der Waals surface area contributed by atoms with Crippen LogP contribution < -0.4 is 10.2 Å². The van der Waals surface area contributed by atoms with E-state index in [1.165, 1.54) is 6.07 Å². The number of hydrogen-bond acceptors (Lipinski definition) is 5. The van der Waals surface area contributed by atoms with Gasteiger partial charge in [0.05, 0.1) is 16.9 Å². The van der Waals surface area contributed by atoms with E-state index in [9.17, 15) is 14.7 Å². The molecule has 7 heteroatoms. The van der Waals surface area contributed by atoms with Gasteiger partial charge in [-0.15, -0.1) is 0 Å². The maximum absolute atomic E-state index is 12.2. The summed E-state index contributed by atoms with van der Waals surface area (Å²) in [6.07, 6.45) is -0.607. The molecule has 1 fully saturated rings. The van der Waals surface area contributed by atoms with Crippen molar-refractivity contribution in [3.63, 3.8) is 0 Å². The molecule has 136 valence electrons. The Hall–Kier alpha value is -2.67. The first-order chi connectivity index (χ1) is 12.6. The predicted molar refractivity (Wildman–Crippen MR) is 103 cm³/mol. The summed E-state index contributed by atoms with van der Waals surface area (Å²) in [4.78, 5) is 25.6. The molecule has 2 aromatic carbocycles. The maximum Gasteiger partial charge on any atom is 0.412 e. The Balaban J connectivity index is 1.74. The number of benzene rings is 2. The van der Waals surface area contributed by atoms with Gasteiger partial charge in [0.2, 0.25) is 0 Å². The number of thioether (sulfide) groups is 1. The van der Waals surface area contributed by atoms with Crippen molar-refractivity contribution in [2.45, 2.75) is 6.61 Å². The first-order valence-electron chi connectivity index (χ1n) is 8.31. The van der Waals surface area contributed by atoms with Gasteiger partial charge in [-0.05, 0) is 23.8 Å². The monoisotopic (exact) mass is 372 g/mol. The zero-order valence-corrected chi connectivity index (χ0v) is 15.0. The summed E-state index contributed by atoms with van der Waals surface area (Å²) in [5.74, 6) is 0.961. The van der Waals surface area contributed by atoms with E-state index in [4.69, 9.17) is 4.74 Å². The van der Waals surface area contributed by atoms with Crippen molar-refractivity contribution in [1.82, 2.24) is 0 Å². The third kappa shape index (κ3) is 4.70. The van der Waals surface area contributed by atoms with E-state index in [1.807, 2.05) is 42.1 Å². The summed E-state index contributed by atoms with van der Waals surface area (Å²) in [7, 11) is 0. The number of nitrogens with zero attached hydrogens (tertiary/aromatic N) is 1. The molecule has 0 radical (unpaired) electrons. The summed E-state index contributed by atoms with van der Waals surface area (Å²) in [5.41, 5.74) is 2.27. The average Bonchev–Trinajstić information content (AvgIpc) is 2.68. The highest BCUT2D eigenvalue weighted by Gasteiger charge is 2.18. The Kier molecular flexibility index (Phi) is 6.01. The molecule has 1 aliphatic heterocycles. The zero-order valence-electron chi connectivity index (χ0n) is 14.2. The second kappa shape index (κ2) is 8.62. The van der Waals surface area contributed by atoms with Crippen LogP contribution in [0.1, 0.15) is 15.9 Å². The molecule has 0 atom stereocenters. The molecule has 1 aliphatic rings. The van der Waals surface area contributed by atoms with Gasteiger partial charge in [-0.2, -0.15) is 11.8 Å². The van der Waals surface area contributed by atoms with Crippen LogP contribution in [-0.2, 0) is 11.3 Å². The molecule has 0 saturated carbocycles. The molecule has 1 amide bonds. The second-order valence-corrected chi connectivity index (χ2v) is 7.05. The minimum absolute atomic E-state index is 0.124. The van der Waals surface area contributed by atoms with Crippen molar-refractivity contribution in [3.05, 3.63) is 59.7 Å². The molecule has 0 aromatic heterocycles. The van der Waals surface area contributed by atoms with Crippen molar-refractivity contribution >= 4 is 35.2 Å². The Morgan fingerprint density at radius 2 is 1.85 bits per heavy atom. The Bertz CT molecular complexity index is 776. The Morgan fingerprint density at radius 3 is 2.54 bits per heavy atom. The number of hydrogen-bond donors (Lipinski definition) is 2. The number of aromatic carboxylic acids is 1.